The minimum atomic E-state index is -0.262. The Morgan fingerprint density at radius 2 is 1.89 bits per heavy atom. The van der Waals surface area contributed by atoms with Gasteiger partial charge < -0.3 is 11.1 Å². The third-order valence-corrected chi connectivity index (χ3v) is 2.76. The molecule has 2 aromatic carbocycles. The number of benzene rings is 2. The Kier molecular flexibility index (Phi) is 4.13. The van der Waals surface area contributed by atoms with Gasteiger partial charge in [0.15, 0.2) is 0 Å². The summed E-state index contributed by atoms with van der Waals surface area (Å²) in [5, 5.41) is 2.78. The number of nitrogens with one attached hydrogen (secondary N) is 1. The molecule has 0 spiro atoms. The van der Waals surface area contributed by atoms with Crippen LogP contribution < -0.4 is 11.1 Å². The fourth-order valence-electron chi connectivity index (χ4n) is 1.75. The van der Waals surface area contributed by atoms with Gasteiger partial charge in [-0.05, 0) is 48.4 Å². The van der Waals surface area contributed by atoms with Gasteiger partial charge in [0.1, 0.15) is 5.82 Å². The maximum Gasteiger partial charge on any atom is 0.251 e. The maximum atomic E-state index is 13.0. The van der Waals surface area contributed by atoms with Crippen molar-refractivity contribution in [2.75, 3.05) is 12.3 Å². The number of nitrogens with two attached hydrogens (primary N) is 1. The van der Waals surface area contributed by atoms with Crippen LogP contribution in [-0.2, 0) is 6.42 Å². The molecule has 0 aliphatic heterocycles. The highest BCUT2D eigenvalue weighted by molar-refractivity contribution is 5.94. The normalized spacial score (nSPS) is 10.2. The van der Waals surface area contributed by atoms with E-state index in [1.165, 1.54) is 12.1 Å². The Hall–Kier alpha value is -2.36. The lowest BCUT2D eigenvalue weighted by Gasteiger charge is -2.06. The second kappa shape index (κ2) is 6.00. The van der Waals surface area contributed by atoms with Gasteiger partial charge in [0.25, 0.3) is 5.91 Å². The summed E-state index contributed by atoms with van der Waals surface area (Å²) in [4.78, 5) is 11.8. The summed E-state index contributed by atoms with van der Waals surface area (Å²) in [7, 11) is 0. The monoisotopic (exact) mass is 258 g/mol. The van der Waals surface area contributed by atoms with Crippen LogP contribution in [0, 0.1) is 5.82 Å². The van der Waals surface area contributed by atoms with Crippen LogP contribution in [0.3, 0.4) is 0 Å². The number of hydrogen-bond donors (Lipinski definition) is 2. The summed E-state index contributed by atoms with van der Waals surface area (Å²) < 4.78 is 13.0. The van der Waals surface area contributed by atoms with Crippen LogP contribution in [0.15, 0.2) is 48.5 Å². The summed E-state index contributed by atoms with van der Waals surface area (Å²) in [5.41, 5.74) is 7.59. The number of halogens is 1. The molecule has 3 nitrogen and oxygen atoms in total. The molecule has 0 saturated carbocycles. The number of rotatable bonds is 4. The smallest absolute Gasteiger partial charge is 0.251 e. The summed E-state index contributed by atoms with van der Waals surface area (Å²) in [6.45, 7) is 0.465. The molecular formula is C15H15FN2O. The van der Waals surface area contributed by atoms with Crippen molar-refractivity contribution in [2.45, 2.75) is 6.42 Å². The fraction of sp³-hybridized carbons (Fsp3) is 0.133. The highest BCUT2D eigenvalue weighted by atomic mass is 19.1. The Labute approximate surface area is 111 Å². The lowest BCUT2D eigenvalue weighted by Crippen LogP contribution is -2.25. The molecule has 0 aliphatic rings. The molecule has 0 unspecified atom stereocenters. The van der Waals surface area contributed by atoms with Gasteiger partial charge in [-0.25, -0.2) is 4.39 Å². The molecule has 0 fully saturated rings. The molecule has 0 atom stereocenters. The van der Waals surface area contributed by atoms with E-state index in [-0.39, 0.29) is 11.7 Å². The lowest BCUT2D eigenvalue weighted by atomic mass is 10.1. The maximum absolute atomic E-state index is 13.0. The first-order chi connectivity index (χ1) is 9.15. The number of amides is 1. The van der Waals surface area contributed by atoms with E-state index in [9.17, 15) is 9.18 Å². The average molecular weight is 258 g/mol. The second-order valence-corrected chi connectivity index (χ2v) is 4.26. The van der Waals surface area contributed by atoms with Crippen molar-refractivity contribution in [2.24, 2.45) is 0 Å². The van der Waals surface area contributed by atoms with Crippen molar-refractivity contribution < 1.29 is 9.18 Å². The standard InChI is InChI=1S/C15H15FN2O/c16-13-3-1-2-11(10-13)8-9-18-15(19)12-4-6-14(17)7-5-12/h1-7,10H,8-9,17H2,(H,18,19). The van der Waals surface area contributed by atoms with Crippen LogP contribution in [0.4, 0.5) is 10.1 Å². The quantitative estimate of drug-likeness (QED) is 0.827. The highest BCUT2D eigenvalue weighted by Gasteiger charge is 2.04. The molecule has 2 aromatic rings. The van der Waals surface area contributed by atoms with Gasteiger partial charge in [-0.15, -0.1) is 0 Å². The molecule has 0 saturated heterocycles. The largest absolute Gasteiger partial charge is 0.399 e. The molecule has 0 bridgehead atoms. The summed E-state index contributed by atoms with van der Waals surface area (Å²) in [6.07, 6.45) is 0.596. The number of carbonyl (C=O) groups excluding carboxylic acids is 1. The Morgan fingerprint density at radius 3 is 2.58 bits per heavy atom. The van der Waals surface area contributed by atoms with Gasteiger partial charge >= 0.3 is 0 Å². The van der Waals surface area contributed by atoms with Gasteiger partial charge in [-0.1, -0.05) is 12.1 Å². The summed E-state index contributed by atoms with van der Waals surface area (Å²) in [5.74, 6) is -0.418. The molecule has 1 amide bonds. The van der Waals surface area contributed by atoms with Crippen molar-refractivity contribution in [1.82, 2.24) is 5.32 Å². The number of hydrogen-bond acceptors (Lipinski definition) is 2. The SMILES string of the molecule is Nc1ccc(C(=O)NCCc2cccc(F)c2)cc1. The molecule has 4 heteroatoms. The first kappa shape index (κ1) is 13.1. The molecule has 3 N–H and O–H groups in total. The molecule has 0 heterocycles. The second-order valence-electron chi connectivity index (χ2n) is 4.26. The zero-order chi connectivity index (χ0) is 13.7. The zero-order valence-corrected chi connectivity index (χ0v) is 10.4. The third kappa shape index (κ3) is 3.81. The predicted octanol–water partition coefficient (Wildman–Crippen LogP) is 2.38. The fourth-order valence-corrected chi connectivity index (χ4v) is 1.75. The van der Waals surface area contributed by atoms with Gasteiger partial charge in [-0.2, -0.15) is 0 Å². The number of carbonyl (C=O) groups is 1. The Balaban J connectivity index is 1.86. The van der Waals surface area contributed by atoms with E-state index in [1.807, 2.05) is 6.07 Å². The van der Waals surface area contributed by atoms with Crippen LogP contribution in [0.1, 0.15) is 15.9 Å². The van der Waals surface area contributed by atoms with Crippen LogP contribution in [0.2, 0.25) is 0 Å². The van der Waals surface area contributed by atoms with Gasteiger partial charge in [0.05, 0.1) is 0 Å². The van der Waals surface area contributed by atoms with E-state index >= 15 is 0 Å². The lowest BCUT2D eigenvalue weighted by molar-refractivity contribution is 0.0954. The summed E-state index contributed by atoms with van der Waals surface area (Å²) in [6, 6.07) is 13.1. The third-order valence-electron chi connectivity index (χ3n) is 2.76. The van der Waals surface area contributed by atoms with Gasteiger partial charge in [0.2, 0.25) is 0 Å². The minimum absolute atomic E-state index is 0.156. The van der Waals surface area contributed by atoms with E-state index in [1.54, 1.807) is 30.3 Å². The average Bonchev–Trinajstić information content (AvgIpc) is 2.39. The van der Waals surface area contributed by atoms with Crippen LogP contribution >= 0.6 is 0 Å². The molecule has 0 radical (unpaired) electrons. The first-order valence-electron chi connectivity index (χ1n) is 6.03. The molecule has 2 rings (SSSR count). The number of nitrogen functional groups attached to an aromatic ring is 1. The topological polar surface area (TPSA) is 55.1 Å². The van der Waals surface area contributed by atoms with E-state index < -0.39 is 0 Å². The summed E-state index contributed by atoms with van der Waals surface area (Å²) >= 11 is 0. The highest BCUT2D eigenvalue weighted by Crippen LogP contribution is 2.06. The van der Waals surface area contributed by atoms with Gasteiger partial charge in [-0.3, -0.25) is 4.79 Å². The van der Waals surface area contributed by atoms with Crippen molar-refractivity contribution in [3.63, 3.8) is 0 Å². The van der Waals surface area contributed by atoms with Crippen molar-refractivity contribution >= 4 is 11.6 Å². The van der Waals surface area contributed by atoms with Gasteiger partial charge in [0, 0.05) is 17.8 Å². The molecule has 0 aromatic heterocycles. The van der Waals surface area contributed by atoms with E-state index in [2.05, 4.69) is 5.32 Å². The first-order valence-corrected chi connectivity index (χ1v) is 6.03. The minimum Gasteiger partial charge on any atom is -0.399 e. The van der Waals surface area contributed by atoms with Crippen LogP contribution in [-0.4, -0.2) is 12.5 Å². The van der Waals surface area contributed by atoms with Crippen molar-refractivity contribution in [1.29, 1.82) is 0 Å². The van der Waals surface area contributed by atoms with Crippen LogP contribution in [0.25, 0.3) is 0 Å². The molecule has 0 aliphatic carbocycles. The van der Waals surface area contributed by atoms with Crippen LogP contribution in [0.5, 0.6) is 0 Å². The number of anilines is 1. The van der Waals surface area contributed by atoms with Crippen molar-refractivity contribution in [3.8, 4) is 0 Å². The zero-order valence-electron chi connectivity index (χ0n) is 10.4. The Morgan fingerprint density at radius 1 is 1.16 bits per heavy atom. The molecule has 98 valence electrons. The Bertz CT molecular complexity index is 567. The van der Waals surface area contributed by atoms with E-state index in [4.69, 9.17) is 5.73 Å². The van der Waals surface area contributed by atoms with E-state index in [0.717, 1.165) is 5.56 Å². The van der Waals surface area contributed by atoms with Crippen molar-refractivity contribution in [3.05, 3.63) is 65.5 Å². The molecule has 19 heavy (non-hydrogen) atoms. The molecular weight excluding hydrogens is 243 g/mol. The predicted molar refractivity (Wildman–Crippen MR) is 73.3 cm³/mol. The van der Waals surface area contributed by atoms with E-state index in [0.29, 0.717) is 24.2 Å².